The molecule has 0 fully saturated rings. The molecule has 0 saturated heterocycles. The summed E-state index contributed by atoms with van der Waals surface area (Å²) < 4.78 is 2.02. The minimum atomic E-state index is -0.540. The molecule has 1 rings (SSSR count). The average Bonchev–Trinajstić information content (AvgIpc) is 3.00. The Hall–Kier alpha value is -2.12. The van der Waals surface area contributed by atoms with Crippen molar-refractivity contribution in [2.24, 2.45) is 10.4 Å². The number of hydrogen-bond acceptors (Lipinski definition) is 4. The predicted molar refractivity (Wildman–Crippen MR) is 95.8 cm³/mol. The molecule has 0 atom stereocenters. The fraction of sp³-hybridized carbons (Fsp3) is 0.750. The van der Waals surface area contributed by atoms with E-state index in [1.54, 1.807) is 6.33 Å². The van der Waals surface area contributed by atoms with Crippen LogP contribution in [0, 0.1) is 5.41 Å². The highest BCUT2D eigenvalue weighted by atomic mass is 16.2. The molecule has 136 valence electrons. The number of carbonyl (C=O) groups excluding carboxylic acids is 1. The number of rotatable bonds is 9. The van der Waals surface area contributed by atoms with E-state index < -0.39 is 5.41 Å². The van der Waals surface area contributed by atoms with Gasteiger partial charge in [0, 0.05) is 32.6 Å². The lowest BCUT2D eigenvalue weighted by Gasteiger charge is -2.22. The van der Waals surface area contributed by atoms with Gasteiger partial charge in [-0.1, -0.05) is 6.92 Å². The third-order valence-corrected chi connectivity index (χ3v) is 3.59. The maximum atomic E-state index is 12.0. The molecule has 0 aliphatic carbocycles. The van der Waals surface area contributed by atoms with Crippen LogP contribution in [0.3, 0.4) is 0 Å². The number of nitrogens with one attached hydrogen (secondary N) is 3. The summed E-state index contributed by atoms with van der Waals surface area (Å²) in [5, 5.41) is 17.3. The van der Waals surface area contributed by atoms with Crippen LogP contribution >= 0.6 is 0 Å². The van der Waals surface area contributed by atoms with E-state index in [1.807, 2.05) is 32.3 Å². The van der Waals surface area contributed by atoms with Crippen molar-refractivity contribution in [1.82, 2.24) is 30.7 Å². The first-order valence-corrected chi connectivity index (χ1v) is 8.61. The van der Waals surface area contributed by atoms with Gasteiger partial charge in [0.2, 0.25) is 5.91 Å². The van der Waals surface area contributed by atoms with Crippen LogP contribution in [0.5, 0.6) is 0 Å². The summed E-state index contributed by atoms with van der Waals surface area (Å²) in [6, 6.07) is 0. The molecule has 1 aromatic rings. The molecule has 3 N–H and O–H groups in total. The third-order valence-electron chi connectivity index (χ3n) is 3.59. The number of hydrogen-bond donors (Lipinski definition) is 3. The van der Waals surface area contributed by atoms with Gasteiger partial charge in [-0.2, -0.15) is 0 Å². The molecule has 24 heavy (non-hydrogen) atoms. The van der Waals surface area contributed by atoms with Gasteiger partial charge in [-0.15, -0.1) is 10.2 Å². The number of nitrogens with zero attached hydrogens (tertiary/aromatic N) is 4. The molecule has 8 nitrogen and oxygen atoms in total. The molecule has 1 heterocycles. The second-order valence-electron chi connectivity index (χ2n) is 6.16. The van der Waals surface area contributed by atoms with E-state index in [0.29, 0.717) is 25.6 Å². The zero-order valence-electron chi connectivity index (χ0n) is 15.5. The highest BCUT2D eigenvalue weighted by molar-refractivity contribution is 5.83. The highest BCUT2D eigenvalue weighted by Gasteiger charge is 2.26. The summed E-state index contributed by atoms with van der Waals surface area (Å²) in [5.41, 5.74) is -0.540. The third kappa shape index (κ3) is 6.17. The van der Waals surface area contributed by atoms with E-state index in [2.05, 4.69) is 38.1 Å². The van der Waals surface area contributed by atoms with Gasteiger partial charge in [-0.05, 0) is 27.7 Å². The van der Waals surface area contributed by atoms with Gasteiger partial charge >= 0.3 is 0 Å². The summed E-state index contributed by atoms with van der Waals surface area (Å²) in [4.78, 5) is 16.6. The Morgan fingerprint density at radius 2 is 1.92 bits per heavy atom. The van der Waals surface area contributed by atoms with Gasteiger partial charge in [0.05, 0.1) is 12.0 Å². The molecule has 0 aromatic carbocycles. The standard InChI is InChI=1S/C16H31N7O/c1-6-13-22-21-12-23(13)10-9-19-15(18-8-3)20-11-16(4,5)14(24)17-7-2/h12H,6-11H2,1-5H3,(H,17,24)(H2,18,19,20). The second-order valence-corrected chi connectivity index (χ2v) is 6.16. The molecular formula is C16H31N7O. The van der Waals surface area contributed by atoms with Gasteiger partial charge in [0.15, 0.2) is 5.96 Å². The SMILES string of the molecule is CCNC(=O)C(C)(C)CN=C(NCC)NCCn1cnnc1CC. The van der Waals surface area contributed by atoms with Gasteiger partial charge in [-0.25, -0.2) is 0 Å². The van der Waals surface area contributed by atoms with Gasteiger partial charge in [-0.3, -0.25) is 9.79 Å². The first-order chi connectivity index (χ1) is 11.4. The number of amides is 1. The Labute approximate surface area is 144 Å². The van der Waals surface area contributed by atoms with E-state index in [9.17, 15) is 4.79 Å². The van der Waals surface area contributed by atoms with Crippen LogP contribution in [0.2, 0.25) is 0 Å². The largest absolute Gasteiger partial charge is 0.357 e. The minimum absolute atomic E-state index is 0.0154. The molecule has 0 aliphatic heterocycles. The number of aromatic nitrogens is 3. The molecule has 8 heteroatoms. The molecule has 0 bridgehead atoms. The van der Waals surface area contributed by atoms with Crippen molar-refractivity contribution >= 4 is 11.9 Å². The first kappa shape index (κ1) is 19.9. The molecule has 0 spiro atoms. The summed E-state index contributed by atoms with van der Waals surface area (Å²) in [6.45, 7) is 13.1. The van der Waals surface area contributed by atoms with Crippen LogP contribution in [-0.2, 0) is 17.8 Å². The van der Waals surface area contributed by atoms with Gasteiger partial charge in [0.1, 0.15) is 12.2 Å². The molecule has 0 radical (unpaired) electrons. The van der Waals surface area contributed by atoms with Crippen LogP contribution in [0.25, 0.3) is 0 Å². The van der Waals surface area contributed by atoms with Crippen LogP contribution in [0.1, 0.15) is 40.4 Å². The first-order valence-electron chi connectivity index (χ1n) is 8.61. The van der Waals surface area contributed by atoms with Crippen molar-refractivity contribution in [2.45, 2.75) is 47.6 Å². The van der Waals surface area contributed by atoms with E-state index in [1.165, 1.54) is 0 Å². The molecule has 0 saturated carbocycles. The topological polar surface area (TPSA) is 96.2 Å². The Bertz CT molecular complexity index is 536. The van der Waals surface area contributed by atoms with E-state index in [0.717, 1.165) is 25.3 Å². The molecule has 0 aliphatic rings. The Kier molecular flexibility index (Phi) is 8.21. The zero-order chi connectivity index (χ0) is 18.0. The van der Waals surface area contributed by atoms with E-state index >= 15 is 0 Å². The predicted octanol–water partition coefficient (Wildman–Crippen LogP) is 0.558. The van der Waals surface area contributed by atoms with Crippen LogP contribution in [0.4, 0.5) is 0 Å². The minimum Gasteiger partial charge on any atom is -0.357 e. The van der Waals surface area contributed by atoms with Crippen molar-refractivity contribution < 1.29 is 4.79 Å². The number of aliphatic imine (C=N–C) groups is 1. The normalized spacial score (nSPS) is 12.1. The summed E-state index contributed by atoms with van der Waals surface area (Å²) in [7, 11) is 0. The molecule has 1 amide bonds. The summed E-state index contributed by atoms with van der Waals surface area (Å²) in [5.74, 6) is 1.69. The maximum absolute atomic E-state index is 12.0. The summed E-state index contributed by atoms with van der Waals surface area (Å²) >= 11 is 0. The molecule has 0 unspecified atom stereocenters. The van der Waals surface area contributed by atoms with Crippen LogP contribution in [-0.4, -0.2) is 52.8 Å². The lowest BCUT2D eigenvalue weighted by Crippen LogP contribution is -2.42. The van der Waals surface area contributed by atoms with Crippen molar-refractivity contribution in [3.05, 3.63) is 12.2 Å². The van der Waals surface area contributed by atoms with Gasteiger partial charge < -0.3 is 20.5 Å². The van der Waals surface area contributed by atoms with E-state index in [4.69, 9.17) is 0 Å². The van der Waals surface area contributed by atoms with Crippen molar-refractivity contribution in [1.29, 1.82) is 0 Å². The fourth-order valence-corrected chi connectivity index (χ4v) is 2.12. The fourth-order valence-electron chi connectivity index (χ4n) is 2.12. The second kappa shape index (κ2) is 9.89. The Morgan fingerprint density at radius 3 is 2.54 bits per heavy atom. The number of aryl methyl sites for hydroxylation is 1. The molecular weight excluding hydrogens is 306 g/mol. The molecule has 1 aromatic heterocycles. The lowest BCUT2D eigenvalue weighted by molar-refractivity contribution is -0.128. The van der Waals surface area contributed by atoms with Crippen LogP contribution in [0.15, 0.2) is 11.3 Å². The summed E-state index contributed by atoms with van der Waals surface area (Å²) in [6.07, 6.45) is 2.59. The van der Waals surface area contributed by atoms with Gasteiger partial charge in [0.25, 0.3) is 0 Å². The van der Waals surface area contributed by atoms with E-state index in [-0.39, 0.29) is 5.91 Å². The van der Waals surface area contributed by atoms with Crippen molar-refractivity contribution in [3.63, 3.8) is 0 Å². The Balaban J connectivity index is 2.57. The lowest BCUT2D eigenvalue weighted by atomic mass is 9.92. The Morgan fingerprint density at radius 1 is 1.21 bits per heavy atom. The monoisotopic (exact) mass is 337 g/mol. The average molecular weight is 337 g/mol. The van der Waals surface area contributed by atoms with Crippen LogP contribution < -0.4 is 16.0 Å². The quantitative estimate of drug-likeness (QED) is 0.452. The zero-order valence-corrected chi connectivity index (χ0v) is 15.5. The van der Waals surface area contributed by atoms with Crippen molar-refractivity contribution in [3.8, 4) is 0 Å². The smallest absolute Gasteiger partial charge is 0.227 e. The number of guanidine groups is 1. The van der Waals surface area contributed by atoms with Crippen molar-refractivity contribution in [2.75, 3.05) is 26.2 Å². The number of carbonyl (C=O) groups is 1. The maximum Gasteiger partial charge on any atom is 0.227 e. The highest BCUT2D eigenvalue weighted by Crippen LogP contribution is 2.15.